The van der Waals surface area contributed by atoms with Crippen LogP contribution < -0.4 is 10.0 Å². The van der Waals surface area contributed by atoms with E-state index in [2.05, 4.69) is 0 Å². The van der Waals surface area contributed by atoms with E-state index in [1.54, 1.807) is 18.2 Å². The van der Waals surface area contributed by atoms with E-state index in [1.807, 2.05) is 6.08 Å². The van der Waals surface area contributed by atoms with Gasteiger partial charge in [-0.2, -0.15) is 0 Å². The number of nitrogens with two attached hydrogens (primary N) is 1. The highest BCUT2D eigenvalue weighted by atomic mass is 35.5. The fourth-order valence-corrected chi connectivity index (χ4v) is 4.00. The van der Waals surface area contributed by atoms with Crippen molar-refractivity contribution in [3.63, 3.8) is 0 Å². The summed E-state index contributed by atoms with van der Waals surface area (Å²) < 4.78 is 29.9. The normalized spacial score (nSPS) is 18.6. The fraction of sp³-hybridized carbons (Fsp3) is 0.438. The zero-order chi connectivity index (χ0) is 17.5. The number of nitrogens with zero attached hydrogens (tertiary/aromatic N) is 1. The number of carbonyl (C=O) groups excluding carboxylic acids is 1. The Morgan fingerprint density at radius 1 is 1.50 bits per heavy atom. The smallest absolute Gasteiger partial charge is 0.293 e. The Labute approximate surface area is 149 Å². The minimum atomic E-state index is -2.48. The van der Waals surface area contributed by atoms with Crippen LogP contribution >= 0.6 is 11.6 Å². The fourth-order valence-electron chi connectivity index (χ4n) is 2.89. The molecule has 0 saturated carbocycles. The van der Waals surface area contributed by atoms with Gasteiger partial charge < -0.3 is 15.0 Å². The molecular weight excluding hydrogens is 352 g/mol. The quantitative estimate of drug-likeness (QED) is 0.327. The molecule has 2 rings (SSSR count). The lowest BCUT2D eigenvalue weighted by Crippen LogP contribution is -2.39. The van der Waals surface area contributed by atoms with E-state index in [0.717, 1.165) is 24.0 Å². The predicted octanol–water partition coefficient (Wildman–Crippen LogP) is 2.44. The molecule has 24 heavy (non-hydrogen) atoms. The van der Waals surface area contributed by atoms with Crippen molar-refractivity contribution in [2.24, 2.45) is 5.73 Å². The van der Waals surface area contributed by atoms with Gasteiger partial charge in [0.2, 0.25) is 0 Å². The number of halogens is 1. The zero-order valence-corrected chi connectivity index (χ0v) is 14.7. The highest BCUT2D eigenvalue weighted by Gasteiger charge is 2.27. The first-order chi connectivity index (χ1) is 11.6. The summed E-state index contributed by atoms with van der Waals surface area (Å²) in [5, 5.41) is 0.344. The average Bonchev–Trinajstić information content (AvgIpc) is 2.57. The maximum Gasteiger partial charge on any atom is 0.293 e. The third-order valence-corrected chi connectivity index (χ3v) is 5.10. The highest BCUT2D eigenvalue weighted by molar-refractivity contribution is 7.80. The van der Waals surface area contributed by atoms with Gasteiger partial charge in [0.05, 0.1) is 23.4 Å². The van der Waals surface area contributed by atoms with Crippen LogP contribution in [0.2, 0.25) is 5.02 Å². The van der Waals surface area contributed by atoms with Crippen LogP contribution in [0, 0.1) is 0 Å². The van der Waals surface area contributed by atoms with E-state index in [9.17, 15) is 13.6 Å². The molecule has 0 heterocycles. The van der Waals surface area contributed by atoms with Crippen LogP contribution in [0.3, 0.4) is 0 Å². The number of allylic oxidation sites excluding steroid dienone is 1. The van der Waals surface area contributed by atoms with Crippen molar-refractivity contribution in [3.05, 3.63) is 40.4 Å². The summed E-state index contributed by atoms with van der Waals surface area (Å²) in [6.45, 7) is 0.952. The van der Waals surface area contributed by atoms with Gasteiger partial charge in [0.25, 0.3) is 6.47 Å². The molecule has 0 aliphatic heterocycles. The molecule has 1 aliphatic rings. The molecule has 0 radical (unpaired) electrons. The number of anilines is 1. The SMILES string of the molecule is NCc1ccc(N(C2CCCC=C2CCOC=O)S(=O)[O-])c(Cl)c1. The molecule has 8 heteroatoms. The first-order valence-electron chi connectivity index (χ1n) is 7.69. The molecule has 0 saturated heterocycles. The van der Waals surface area contributed by atoms with Crippen molar-refractivity contribution in [1.29, 1.82) is 0 Å². The topological polar surface area (TPSA) is 95.7 Å². The van der Waals surface area contributed by atoms with Crippen molar-refractivity contribution >= 4 is 35.0 Å². The van der Waals surface area contributed by atoms with Gasteiger partial charge in [0, 0.05) is 24.2 Å². The molecule has 6 nitrogen and oxygen atoms in total. The second-order valence-corrected chi connectivity index (χ2v) is 6.71. The van der Waals surface area contributed by atoms with E-state index < -0.39 is 11.3 Å². The number of rotatable bonds is 8. The lowest BCUT2D eigenvalue weighted by molar-refractivity contribution is -0.128. The molecule has 2 atom stereocenters. The monoisotopic (exact) mass is 371 g/mol. The molecule has 1 aliphatic carbocycles. The van der Waals surface area contributed by atoms with Crippen LogP contribution in [0.5, 0.6) is 0 Å². The van der Waals surface area contributed by atoms with Gasteiger partial charge in [-0.05, 0) is 42.5 Å². The van der Waals surface area contributed by atoms with Gasteiger partial charge >= 0.3 is 0 Å². The van der Waals surface area contributed by atoms with E-state index in [1.165, 1.54) is 4.31 Å². The third-order valence-electron chi connectivity index (χ3n) is 4.02. The van der Waals surface area contributed by atoms with Crippen LogP contribution in [-0.4, -0.2) is 27.9 Å². The summed E-state index contributed by atoms with van der Waals surface area (Å²) in [6, 6.07) is 4.80. The summed E-state index contributed by atoms with van der Waals surface area (Å²) in [5.74, 6) is 0. The lowest BCUT2D eigenvalue weighted by atomic mass is 9.91. The van der Waals surface area contributed by atoms with E-state index in [0.29, 0.717) is 36.6 Å². The molecule has 132 valence electrons. The summed E-state index contributed by atoms with van der Waals surface area (Å²) >= 11 is 3.80. The Morgan fingerprint density at radius 3 is 2.92 bits per heavy atom. The average molecular weight is 372 g/mol. The van der Waals surface area contributed by atoms with E-state index in [4.69, 9.17) is 22.1 Å². The molecular formula is C16H20ClN2O4S-. The van der Waals surface area contributed by atoms with Crippen LogP contribution in [-0.2, 0) is 27.3 Å². The first kappa shape index (κ1) is 18.9. The molecule has 0 amide bonds. The second-order valence-electron chi connectivity index (χ2n) is 5.48. The van der Waals surface area contributed by atoms with Gasteiger partial charge in [-0.25, -0.2) is 0 Å². The van der Waals surface area contributed by atoms with Crippen LogP contribution in [0.1, 0.15) is 31.2 Å². The maximum absolute atomic E-state index is 11.9. The van der Waals surface area contributed by atoms with Crippen molar-refractivity contribution in [2.45, 2.75) is 38.3 Å². The standard InChI is InChI=1S/C16H21ClN2O4S/c17-14-9-12(10-18)5-6-16(14)19(24(21)22)15-4-2-1-3-13(15)7-8-23-11-20/h3,5-6,9,11,15H,1-2,4,7-8,10,18H2,(H,21,22)/p-1. The van der Waals surface area contributed by atoms with Gasteiger partial charge in [-0.15, -0.1) is 0 Å². The Morgan fingerprint density at radius 2 is 2.29 bits per heavy atom. The number of ether oxygens (including phenoxy) is 1. The van der Waals surface area contributed by atoms with Crippen LogP contribution in [0.15, 0.2) is 29.8 Å². The molecule has 0 fully saturated rings. The maximum atomic E-state index is 11.9. The minimum Gasteiger partial charge on any atom is -0.755 e. The van der Waals surface area contributed by atoms with Crippen molar-refractivity contribution in [2.75, 3.05) is 10.9 Å². The lowest BCUT2D eigenvalue weighted by Gasteiger charge is -2.38. The number of hydrogen-bond acceptors (Lipinski definition) is 5. The Kier molecular flexibility index (Phi) is 7.23. The third kappa shape index (κ3) is 4.57. The number of carbonyl (C=O) groups is 1. The summed E-state index contributed by atoms with van der Waals surface area (Å²) in [4.78, 5) is 10.3. The molecule has 1 aromatic carbocycles. The largest absolute Gasteiger partial charge is 0.755 e. The molecule has 0 aromatic heterocycles. The minimum absolute atomic E-state index is 0.227. The summed E-state index contributed by atoms with van der Waals surface area (Å²) in [5.41, 5.74) is 7.79. The predicted molar refractivity (Wildman–Crippen MR) is 93.1 cm³/mol. The number of hydrogen-bond donors (Lipinski definition) is 1. The summed E-state index contributed by atoms with van der Waals surface area (Å²) in [7, 11) is 0. The molecule has 2 N–H and O–H groups in total. The Hall–Kier alpha value is -1.41. The van der Waals surface area contributed by atoms with E-state index in [-0.39, 0.29) is 12.6 Å². The molecule has 0 spiro atoms. The Bertz CT molecular complexity index is 639. The van der Waals surface area contributed by atoms with E-state index >= 15 is 0 Å². The van der Waals surface area contributed by atoms with Crippen LogP contribution in [0.4, 0.5) is 5.69 Å². The van der Waals surface area contributed by atoms with Crippen LogP contribution in [0.25, 0.3) is 0 Å². The van der Waals surface area contributed by atoms with Gasteiger partial charge in [-0.3, -0.25) is 13.3 Å². The molecule has 2 unspecified atom stereocenters. The Balaban J connectivity index is 2.31. The first-order valence-corrected chi connectivity index (χ1v) is 9.10. The van der Waals surface area contributed by atoms with Crippen molar-refractivity contribution in [3.8, 4) is 0 Å². The van der Waals surface area contributed by atoms with Gasteiger partial charge in [0.15, 0.2) is 0 Å². The zero-order valence-electron chi connectivity index (χ0n) is 13.2. The summed E-state index contributed by atoms with van der Waals surface area (Å²) in [6.07, 6.45) is 4.97. The van der Waals surface area contributed by atoms with Gasteiger partial charge in [-0.1, -0.05) is 23.7 Å². The van der Waals surface area contributed by atoms with Gasteiger partial charge in [0.1, 0.15) is 0 Å². The second kappa shape index (κ2) is 9.17. The molecule has 1 aromatic rings. The van der Waals surface area contributed by atoms with Crippen molar-refractivity contribution < 1.29 is 18.3 Å². The number of benzene rings is 1. The molecule has 0 bridgehead atoms. The highest BCUT2D eigenvalue weighted by Crippen LogP contribution is 2.35. The van der Waals surface area contributed by atoms with Crippen molar-refractivity contribution in [1.82, 2.24) is 0 Å².